The van der Waals surface area contributed by atoms with Gasteiger partial charge in [0.15, 0.2) is 11.5 Å². The molecule has 194 valence electrons. The summed E-state index contributed by atoms with van der Waals surface area (Å²) in [5.74, 6) is 0.199. The highest BCUT2D eigenvalue weighted by atomic mass is 16.5. The number of nitrogens with one attached hydrogen (secondary N) is 1. The Labute approximate surface area is 213 Å². The Morgan fingerprint density at radius 1 is 0.972 bits per heavy atom. The van der Waals surface area contributed by atoms with Crippen molar-refractivity contribution in [1.29, 1.82) is 0 Å². The summed E-state index contributed by atoms with van der Waals surface area (Å²) in [4.78, 5) is 29.5. The number of quaternary nitrogens is 1. The molecule has 0 spiro atoms. The van der Waals surface area contributed by atoms with Crippen LogP contribution in [0.1, 0.15) is 43.5 Å². The molecule has 0 aromatic heterocycles. The summed E-state index contributed by atoms with van der Waals surface area (Å²) >= 11 is 0. The van der Waals surface area contributed by atoms with Gasteiger partial charge in [0.05, 0.1) is 58.6 Å². The minimum Gasteiger partial charge on any atom is -0.507 e. The molecule has 2 aromatic rings. The molecule has 8 nitrogen and oxygen atoms in total. The van der Waals surface area contributed by atoms with Crippen LogP contribution in [0.5, 0.6) is 17.2 Å². The third-order valence-electron chi connectivity index (χ3n) is 6.72. The molecule has 1 atom stereocenters. The number of carbonyl (C=O) groups excluding carboxylic acids is 2. The van der Waals surface area contributed by atoms with E-state index in [4.69, 9.17) is 14.2 Å². The smallest absolute Gasteiger partial charge is 0.295 e. The lowest BCUT2D eigenvalue weighted by molar-refractivity contribution is -0.895. The molecule has 36 heavy (non-hydrogen) atoms. The fourth-order valence-corrected chi connectivity index (χ4v) is 4.65. The maximum absolute atomic E-state index is 13.3. The van der Waals surface area contributed by atoms with Crippen LogP contribution < -0.4 is 19.1 Å². The normalized spacial score (nSPS) is 17.1. The number of ether oxygens (including phenoxy) is 3. The van der Waals surface area contributed by atoms with E-state index in [0.717, 1.165) is 18.7 Å². The second kappa shape index (κ2) is 11.9. The Morgan fingerprint density at radius 3 is 2.22 bits per heavy atom. The molecular weight excluding hydrogens is 460 g/mol. The maximum atomic E-state index is 13.3. The van der Waals surface area contributed by atoms with Crippen LogP contribution in [0.2, 0.25) is 0 Å². The van der Waals surface area contributed by atoms with Crippen LogP contribution in [0.25, 0.3) is 5.76 Å². The van der Waals surface area contributed by atoms with Gasteiger partial charge in [-0.2, -0.15) is 0 Å². The summed E-state index contributed by atoms with van der Waals surface area (Å²) in [6, 6.07) is 9.76. The topological polar surface area (TPSA) is 89.7 Å². The average Bonchev–Trinajstić information content (AvgIpc) is 3.14. The number of hydrogen-bond acceptors (Lipinski definition) is 6. The Bertz CT molecular complexity index is 1140. The number of methoxy groups -OCH3 is 2. The number of carbonyl (C=O) groups is 2. The zero-order chi connectivity index (χ0) is 26.4. The summed E-state index contributed by atoms with van der Waals surface area (Å²) in [5, 5.41) is 11.4. The maximum Gasteiger partial charge on any atom is 0.295 e. The average molecular weight is 498 g/mol. The highest BCUT2D eigenvalue weighted by molar-refractivity contribution is 6.46. The first kappa shape index (κ1) is 27.1. The number of ketones is 1. The van der Waals surface area contributed by atoms with Crippen molar-refractivity contribution in [3.63, 3.8) is 0 Å². The number of hydrogen-bond donors (Lipinski definition) is 2. The van der Waals surface area contributed by atoms with Crippen molar-refractivity contribution >= 4 is 17.4 Å². The van der Waals surface area contributed by atoms with E-state index in [1.165, 1.54) is 4.90 Å². The van der Waals surface area contributed by atoms with E-state index >= 15 is 0 Å². The Hall–Kier alpha value is -3.52. The lowest BCUT2D eigenvalue weighted by Gasteiger charge is -2.27. The van der Waals surface area contributed by atoms with Gasteiger partial charge in [0.2, 0.25) is 0 Å². The summed E-state index contributed by atoms with van der Waals surface area (Å²) in [6.07, 6.45) is 0. The van der Waals surface area contributed by atoms with Crippen LogP contribution in [0, 0.1) is 6.92 Å². The van der Waals surface area contributed by atoms with Gasteiger partial charge in [0.25, 0.3) is 11.7 Å². The number of Topliss-reactive ketones (excluding diaryl/α,β-unsaturated/α-hetero) is 1. The first-order valence-electron chi connectivity index (χ1n) is 12.4. The second-order valence-corrected chi connectivity index (χ2v) is 8.73. The summed E-state index contributed by atoms with van der Waals surface area (Å²) in [6.45, 7) is 11.3. The molecule has 1 saturated heterocycles. The lowest BCUT2D eigenvalue weighted by Crippen LogP contribution is -3.12. The molecule has 0 radical (unpaired) electrons. The van der Waals surface area contributed by atoms with Crippen molar-refractivity contribution in [2.75, 3.05) is 47.0 Å². The fraction of sp³-hybridized carbons (Fsp3) is 0.429. The van der Waals surface area contributed by atoms with E-state index in [1.54, 1.807) is 49.5 Å². The van der Waals surface area contributed by atoms with E-state index in [1.807, 2.05) is 19.9 Å². The number of aliphatic hydroxyl groups is 1. The molecule has 1 aliphatic rings. The van der Waals surface area contributed by atoms with Crippen LogP contribution in [0.15, 0.2) is 42.0 Å². The molecule has 2 N–H and O–H groups in total. The van der Waals surface area contributed by atoms with Gasteiger partial charge in [-0.1, -0.05) is 6.07 Å². The number of likely N-dealkylation sites (N-methyl/N-ethyl adjacent to an activating group) is 1. The van der Waals surface area contributed by atoms with E-state index in [0.29, 0.717) is 48.1 Å². The van der Waals surface area contributed by atoms with Gasteiger partial charge in [-0.05, 0) is 69.2 Å². The van der Waals surface area contributed by atoms with Gasteiger partial charge < -0.3 is 29.1 Å². The number of nitrogens with zero attached hydrogens (tertiary/aromatic N) is 1. The van der Waals surface area contributed by atoms with Crippen LogP contribution in [-0.2, 0) is 9.59 Å². The van der Waals surface area contributed by atoms with Crippen molar-refractivity contribution in [1.82, 2.24) is 4.90 Å². The highest BCUT2D eigenvalue weighted by Gasteiger charge is 2.46. The zero-order valence-electron chi connectivity index (χ0n) is 22.0. The minimum absolute atomic E-state index is 0.0605. The number of rotatable bonds is 11. The first-order valence-corrected chi connectivity index (χ1v) is 12.4. The largest absolute Gasteiger partial charge is 0.507 e. The van der Waals surface area contributed by atoms with E-state index in [-0.39, 0.29) is 11.3 Å². The third kappa shape index (κ3) is 5.33. The van der Waals surface area contributed by atoms with Gasteiger partial charge in [-0.25, -0.2) is 0 Å². The SMILES string of the molecule is CCOc1ccc([C@H]2C(=C(O)c3ccc(OC)c(C)c3)C(=O)C(=O)N2CC[NH+](CC)CC)cc1OC. The van der Waals surface area contributed by atoms with Gasteiger partial charge in [0.1, 0.15) is 11.5 Å². The van der Waals surface area contributed by atoms with Crippen molar-refractivity contribution in [3.05, 3.63) is 58.7 Å². The predicted molar refractivity (Wildman–Crippen MR) is 138 cm³/mol. The number of aliphatic hydroxyl groups excluding tert-OH is 1. The van der Waals surface area contributed by atoms with Crippen LogP contribution in [0.4, 0.5) is 0 Å². The molecule has 1 amide bonds. The number of aryl methyl sites for hydroxylation is 1. The van der Waals surface area contributed by atoms with Gasteiger partial charge in [-0.3, -0.25) is 9.59 Å². The first-order chi connectivity index (χ1) is 17.3. The molecule has 1 fully saturated rings. The molecule has 0 bridgehead atoms. The van der Waals surface area contributed by atoms with Crippen LogP contribution in [0.3, 0.4) is 0 Å². The minimum atomic E-state index is -0.757. The van der Waals surface area contributed by atoms with Crippen LogP contribution in [-0.4, -0.2) is 68.7 Å². The van der Waals surface area contributed by atoms with E-state index in [9.17, 15) is 14.7 Å². The standard InChI is InChI=1S/C28H36N2O6/c1-7-29(8-2)14-15-30-25(19-10-13-22(36-9-3)23(17-19)35-6)24(27(32)28(30)33)26(31)20-11-12-21(34-5)18(4)16-20/h10-13,16-17,25,31H,7-9,14-15H2,1-6H3/p+1/t25-/m0/s1. The zero-order valence-corrected chi connectivity index (χ0v) is 22.0. The highest BCUT2D eigenvalue weighted by Crippen LogP contribution is 2.42. The summed E-state index contributed by atoms with van der Waals surface area (Å²) in [5.41, 5.74) is 1.98. The van der Waals surface area contributed by atoms with Crippen molar-refractivity contribution in [2.45, 2.75) is 33.7 Å². The quantitative estimate of drug-likeness (QED) is 0.282. The molecule has 1 heterocycles. The molecule has 0 saturated carbocycles. The molecule has 2 aromatic carbocycles. The van der Waals surface area contributed by atoms with Crippen LogP contribution >= 0.6 is 0 Å². The monoisotopic (exact) mass is 497 g/mol. The van der Waals surface area contributed by atoms with E-state index in [2.05, 4.69) is 13.8 Å². The Kier molecular flexibility index (Phi) is 8.98. The molecule has 8 heteroatoms. The molecule has 1 aliphatic heterocycles. The van der Waals surface area contributed by atoms with Crippen molar-refractivity contribution in [2.24, 2.45) is 0 Å². The van der Waals surface area contributed by atoms with Crippen molar-refractivity contribution in [3.8, 4) is 17.2 Å². The van der Waals surface area contributed by atoms with Gasteiger partial charge >= 0.3 is 0 Å². The Morgan fingerprint density at radius 2 is 1.64 bits per heavy atom. The molecular formula is C28H37N2O6+. The Balaban J connectivity index is 2.16. The summed E-state index contributed by atoms with van der Waals surface area (Å²) < 4.78 is 16.5. The van der Waals surface area contributed by atoms with Crippen molar-refractivity contribution < 1.29 is 33.8 Å². The number of benzene rings is 2. The van der Waals surface area contributed by atoms with Gasteiger partial charge in [-0.15, -0.1) is 0 Å². The summed E-state index contributed by atoms with van der Waals surface area (Å²) in [7, 11) is 3.12. The van der Waals surface area contributed by atoms with Gasteiger partial charge in [0, 0.05) is 5.56 Å². The molecule has 3 rings (SSSR count). The lowest BCUT2D eigenvalue weighted by atomic mass is 9.94. The third-order valence-corrected chi connectivity index (χ3v) is 6.72. The molecule has 0 unspecified atom stereocenters. The molecule has 0 aliphatic carbocycles. The number of likely N-dealkylation sites (tertiary alicyclic amines) is 1. The second-order valence-electron chi connectivity index (χ2n) is 8.73. The van der Waals surface area contributed by atoms with E-state index < -0.39 is 17.7 Å². The fourth-order valence-electron chi connectivity index (χ4n) is 4.65. The predicted octanol–water partition coefficient (Wildman–Crippen LogP) is 2.76. The number of amides is 1.